The Morgan fingerprint density at radius 3 is 2.00 bits per heavy atom. The molecule has 17 heavy (non-hydrogen) atoms. The molecule has 0 aliphatic carbocycles. The van der Waals surface area contributed by atoms with Gasteiger partial charge in [0.05, 0.1) is 12.8 Å². The fraction of sp³-hybridized carbons (Fsp3) is 0.500. The van der Waals surface area contributed by atoms with Gasteiger partial charge in [0.1, 0.15) is 0 Å². The van der Waals surface area contributed by atoms with Crippen molar-refractivity contribution in [2.75, 3.05) is 0 Å². The van der Waals surface area contributed by atoms with Gasteiger partial charge in [-0.3, -0.25) is 4.98 Å². The first-order chi connectivity index (χ1) is 7.57. The number of aryl methyl sites for hydroxylation is 1. The van der Waals surface area contributed by atoms with E-state index in [4.69, 9.17) is 0 Å². The van der Waals surface area contributed by atoms with Crippen LogP contribution >= 0.6 is 0 Å². The van der Waals surface area contributed by atoms with Gasteiger partial charge in [0, 0.05) is 11.9 Å². The van der Waals surface area contributed by atoms with E-state index >= 15 is 0 Å². The molecule has 0 aliphatic heterocycles. The summed E-state index contributed by atoms with van der Waals surface area (Å²) in [5, 5.41) is 0. The molecule has 0 bridgehead atoms. The van der Waals surface area contributed by atoms with Crippen LogP contribution in [0.2, 0.25) is 0 Å². The van der Waals surface area contributed by atoms with E-state index in [1.165, 1.54) is 6.92 Å². The van der Waals surface area contributed by atoms with Crippen LogP contribution in [-0.4, -0.2) is 17.3 Å². The number of aromatic nitrogens is 1. The van der Waals surface area contributed by atoms with Gasteiger partial charge in [-0.05, 0) is 18.1 Å². The molecule has 0 fully saturated rings. The quantitative estimate of drug-likeness (QED) is 0.738. The van der Waals surface area contributed by atoms with Crippen LogP contribution in [0.25, 0.3) is 0 Å². The SMILES string of the molecule is Cc1ncc(CC(F)(F)F)cc1CC(F)(F)F. The second-order valence-corrected chi connectivity index (χ2v) is 3.67. The van der Waals surface area contributed by atoms with Gasteiger partial charge in [0.15, 0.2) is 0 Å². The fourth-order valence-corrected chi connectivity index (χ4v) is 1.35. The average Bonchev–Trinajstić information content (AvgIpc) is 2.05. The van der Waals surface area contributed by atoms with Gasteiger partial charge < -0.3 is 0 Å². The van der Waals surface area contributed by atoms with Crippen molar-refractivity contribution in [2.45, 2.75) is 32.1 Å². The first kappa shape index (κ1) is 13.8. The van der Waals surface area contributed by atoms with Crippen molar-refractivity contribution < 1.29 is 26.3 Å². The largest absolute Gasteiger partial charge is 0.393 e. The third-order valence-electron chi connectivity index (χ3n) is 2.04. The van der Waals surface area contributed by atoms with Gasteiger partial charge in [-0.15, -0.1) is 0 Å². The second kappa shape index (κ2) is 4.54. The number of pyridine rings is 1. The first-order valence-corrected chi connectivity index (χ1v) is 4.65. The van der Waals surface area contributed by atoms with E-state index in [2.05, 4.69) is 4.98 Å². The number of rotatable bonds is 2. The molecule has 1 nitrogen and oxygen atoms in total. The summed E-state index contributed by atoms with van der Waals surface area (Å²) < 4.78 is 72.6. The van der Waals surface area contributed by atoms with E-state index in [0.29, 0.717) is 0 Å². The summed E-state index contributed by atoms with van der Waals surface area (Å²) in [4.78, 5) is 3.55. The Hall–Kier alpha value is -1.27. The van der Waals surface area contributed by atoms with E-state index in [9.17, 15) is 26.3 Å². The van der Waals surface area contributed by atoms with Gasteiger partial charge in [-0.2, -0.15) is 26.3 Å². The molecule has 0 radical (unpaired) electrons. The van der Waals surface area contributed by atoms with Crippen molar-refractivity contribution in [2.24, 2.45) is 0 Å². The lowest BCUT2D eigenvalue weighted by Crippen LogP contribution is -2.15. The van der Waals surface area contributed by atoms with Crippen LogP contribution < -0.4 is 0 Å². The van der Waals surface area contributed by atoms with Crippen LogP contribution in [0.5, 0.6) is 0 Å². The highest BCUT2D eigenvalue weighted by molar-refractivity contribution is 5.26. The van der Waals surface area contributed by atoms with E-state index in [0.717, 1.165) is 12.3 Å². The van der Waals surface area contributed by atoms with Crippen molar-refractivity contribution in [1.82, 2.24) is 4.98 Å². The number of nitrogens with zero attached hydrogens (tertiary/aromatic N) is 1. The maximum absolute atomic E-state index is 12.1. The van der Waals surface area contributed by atoms with Gasteiger partial charge in [-0.1, -0.05) is 6.07 Å². The van der Waals surface area contributed by atoms with Crippen molar-refractivity contribution in [3.8, 4) is 0 Å². The van der Waals surface area contributed by atoms with Crippen LogP contribution in [0.4, 0.5) is 26.3 Å². The molecule has 0 amide bonds. The van der Waals surface area contributed by atoms with Crippen molar-refractivity contribution >= 4 is 0 Å². The smallest absolute Gasteiger partial charge is 0.261 e. The summed E-state index contributed by atoms with van der Waals surface area (Å²) >= 11 is 0. The molecular weight excluding hydrogens is 248 g/mol. The summed E-state index contributed by atoms with van der Waals surface area (Å²) in [6, 6.07) is 0.906. The molecule has 0 N–H and O–H groups in total. The van der Waals surface area contributed by atoms with Gasteiger partial charge in [0.25, 0.3) is 0 Å². The summed E-state index contributed by atoms with van der Waals surface area (Å²) in [5.74, 6) is 0. The highest BCUT2D eigenvalue weighted by atomic mass is 19.4. The second-order valence-electron chi connectivity index (χ2n) is 3.67. The van der Waals surface area contributed by atoms with E-state index < -0.39 is 25.2 Å². The molecule has 0 spiro atoms. The molecule has 0 aliphatic rings. The van der Waals surface area contributed by atoms with E-state index in [-0.39, 0.29) is 16.8 Å². The van der Waals surface area contributed by atoms with Crippen LogP contribution in [0.1, 0.15) is 16.8 Å². The molecule has 0 atom stereocenters. The van der Waals surface area contributed by atoms with Crippen molar-refractivity contribution in [1.29, 1.82) is 0 Å². The lowest BCUT2D eigenvalue weighted by atomic mass is 10.1. The monoisotopic (exact) mass is 257 g/mol. The zero-order valence-corrected chi connectivity index (χ0v) is 8.78. The number of alkyl halides is 6. The van der Waals surface area contributed by atoms with Crippen molar-refractivity contribution in [3.63, 3.8) is 0 Å². The number of halogens is 6. The van der Waals surface area contributed by atoms with Crippen LogP contribution in [0.3, 0.4) is 0 Å². The summed E-state index contributed by atoms with van der Waals surface area (Å²) in [6.07, 6.45) is -10.5. The Labute approximate surface area is 93.5 Å². The minimum Gasteiger partial charge on any atom is -0.261 e. The zero-order valence-electron chi connectivity index (χ0n) is 8.78. The summed E-state index contributed by atoms with van der Waals surface area (Å²) in [7, 11) is 0. The summed E-state index contributed by atoms with van der Waals surface area (Å²) in [5.41, 5.74) is -0.394. The topological polar surface area (TPSA) is 12.9 Å². The number of hydrogen-bond donors (Lipinski definition) is 0. The first-order valence-electron chi connectivity index (χ1n) is 4.65. The minimum absolute atomic E-state index is 0.0910. The van der Waals surface area contributed by atoms with E-state index in [1.54, 1.807) is 0 Å². The Morgan fingerprint density at radius 1 is 1.00 bits per heavy atom. The zero-order chi connectivity index (χ0) is 13.3. The Morgan fingerprint density at radius 2 is 1.53 bits per heavy atom. The third-order valence-corrected chi connectivity index (χ3v) is 2.04. The average molecular weight is 257 g/mol. The Bertz CT molecular complexity index is 393. The Kier molecular flexibility index (Phi) is 3.68. The predicted molar refractivity (Wildman–Crippen MR) is 48.5 cm³/mol. The lowest BCUT2D eigenvalue weighted by molar-refractivity contribution is -0.127. The molecular formula is C10H9F6N. The van der Waals surface area contributed by atoms with Crippen LogP contribution in [0.15, 0.2) is 12.3 Å². The molecule has 7 heteroatoms. The maximum Gasteiger partial charge on any atom is 0.393 e. The molecule has 1 heterocycles. The molecule has 0 saturated heterocycles. The standard InChI is InChI=1S/C10H9F6N/c1-6-8(4-10(14,15)16)2-7(5-17-6)3-9(11,12)13/h2,5H,3-4H2,1H3. The highest BCUT2D eigenvalue weighted by Crippen LogP contribution is 2.25. The maximum atomic E-state index is 12.1. The molecule has 0 unspecified atom stereocenters. The molecule has 1 aromatic rings. The third kappa shape index (κ3) is 5.06. The molecule has 96 valence electrons. The fourth-order valence-electron chi connectivity index (χ4n) is 1.35. The highest BCUT2D eigenvalue weighted by Gasteiger charge is 2.31. The molecule has 1 rings (SSSR count). The van der Waals surface area contributed by atoms with Crippen molar-refractivity contribution in [3.05, 3.63) is 29.1 Å². The lowest BCUT2D eigenvalue weighted by Gasteiger charge is -2.11. The normalized spacial score (nSPS) is 12.9. The van der Waals surface area contributed by atoms with Crippen LogP contribution in [0, 0.1) is 6.92 Å². The molecule has 1 aromatic heterocycles. The predicted octanol–water partition coefficient (Wildman–Crippen LogP) is 3.60. The molecule has 0 saturated carbocycles. The van der Waals surface area contributed by atoms with Gasteiger partial charge in [0.2, 0.25) is 0 Å². The number of hydrogen-bond acceptors (Lipinski definition) is 1. The summed E-state index contributed by atoms with van der Waals surface area (Å²) in [6.45, 7) is 1.33. The Balaban J connectivity index is 2.95. The van der Waals surface area contributed by atoms with Gasteiger partial charge in [-0.25, -0.2) is 0 Å². The van der Waals surface area contributed by atoms with E-state index in [1.807, 2.05) is 0 Å². The van der Waals surface area contributed by atoms with Gasteiger partial charge >= 0.3 is 12.4 Å². The minimum atomic E-state index is -4.46. The van der Waals surface area contributed by atoms with Crippen LogP contribution in [-0.2, 0) is 12.8 Å². The molecule has 0 aromatic carbocycles.